The summed E-state index contributed by atoms with van der Waals surface area (Å²) in [5.74, 6) is -0.333. The number of esters is 1. The Balaban J connectivity index is 2.11. The van der Waals surface area contributed by atoms with Crippen molar-refractivity contribution >= 4 is 38.6 Å². The number of methoxy groups -OCH3 is 1. The first kappa shape index (κ1) is 19.4. The van der Waals surface area contributed by atoms with E-state index in [1.165, 1.54) is 11.1 Å². The summed E-state index contributed by atoms with van der Waals surface area (Å²) in [6, 6.07) is 11.6. The molecule has 0 N–H and O–H groups in total. The van der Waals surface area contributed by atoms with Crippen molar-refractivity contribution in [1.82, 2.24) is 8.96 Å². The molecule has 0 aliphatic rings. The van der Waals surface area contributed by atoms with E-state index in [2.05, 4.69) is 9.72 Å². The molecular weight excluding hydrogens is 388 g/mol. The smallest absolute Gasteiger partial charge is 0.305 e. The molecule has 27 heavy (non-hydrogen) atoms. The molecule has 0 bridgehead atoms. The molecule has 0 radical (unpaired) electrons. The topological polar surface area (TPSA) is 78.3 Å². The van der Waals surface area contributed by atoms with Gasteiger partial charge in [0.15, 0.2) is 0 Å². The van der Waals surface area contributed by atoms with Gasteiger partial charge in [0.25, 0.3) is 10.0 Å². The minimum Gasteiger partial charge on any atom is -0.469 e. The van der Waals surface area contributed by atoms with Crippen LogP contribution in [0.5, 0.6) is 0 Å². The predicted molar refractivity (Wildman–Crippen MR) is 103 cm³/mol. The lowest BCUT2D eigenvalue weighted by atomic mass is 10.2. The molecule has 3 rings (SSSR count). The largest absolute Gasteiger partial charge is 0.469 e. The van der Waals surface area contributed by atoms with Crippen LogP contribution in [0.3, 0.4) is 0 Å². The molecule has 2 heterocycles. The second-order valence-electron chi connectivity index (χ2n) is 6.19. The van der Waals surface area contributed by atoms with E-state index in [0.717, 1.165) is 5.56 Å². The van der Waals surface area contributed by atoms with Gasteiger partial charge in [0, 0.05) is 12.1 Å². The van der Waals surface area contributed by atoms with Crippen LogP contribution in [-0.4, -0.2) is 30.5 Å². The molecular formula is C19H19ClN2O4S. The number of hydrogen-bond donors (Lipinski definition) is 0. The average molecular weight is 407 g/mol. The predicted octanol–water partition coefficient (Wildman–Crippen LogP) is 3.73. The lowest BCUT2D eigenvalue weighted by molar-refractivity contribution is -0.140. The fraction of sp³-hybridized carbons (Fsp3) is 0.263. The first-order chi connectivity index (χ1) is 12.8. The van der Waals surface area contributed by atoms with Crippen molar-refractivity contribution in [1.29, 1.82) is 0 Å². The van der Waals surface area contributed by atoms with Crippen LogP contribution in [0.15, 0.2) is 47.4 Å². The molecule has 0 saturated heterocycles. The Morgan fingerprint density at radius 2 is 2.00 bits per heavy atom. The maximum atomic E-state index is 13.3. The standard InChI is InChI=1S/C19H19ClN2O4S/c1-13-5-3-7-15(11-13)27(24,25)22-14(6-4-8-19(23)26-2)12-16-17(22)9-10-18(20)21-16/h3,5,7,9-12H,4,6,8H2,1-2H3. The van der Waals surface area contributed by atoms with Crippen molar-refractivity contribution in [2.75, 3.05) is 7.11 Å². The number of carbonyl (C=O) groups is 1. The zero-order valence-electron chi connectivity index (χ0n) is 15.0. The van der Waals surface area contributed by atoms with Gasteiger partial charge >= 0.3 is 5.97 Å². The zero-order chi connectivity index (χ0) is 19.6. The second-order valence-corrected chi connectivity index (χ2v) is 8.36. The normalized spacial score (nSPS) is 11.7. The number of rotatable bonds is 6. The Labute approximate surface area is 162 Å². The number of carbonyl (C=O) groups excluding carboxylic acids is 1. The fourth-order valence-electron chi connectivity index (χ4n) is 2.95. The van der Waals surface area contributed by atoms with Crippen LogP contribution in [0.4, 0.5) is 0 Å². The molecule has 0 spiro atoms. The molecule has 0 aliphatic carbocycles. The highest BCUT2D eigenvalue weighted by Gasteiger charge is 2.24. The van der Waals surface area contributed by atoms with E-state index in [-0.39, 0.29) is 22.4 Å². The highest BCUT2D eigenvalue weighted by atomic mass is 35.5. The highest BCUT2D eigenvalue weighted by molar-refractivity contribution is 7.90. The number of aromatic nitrogens is 2. The first-order valence-corrected chi connectivity index (χ1v) is 10.2. The van der Waals surface area contributed by atoms with E-state index in [1.54, 1.807) is 36.4 Å². The summed E-state index contributed by atoms with van der Waals surface area (Å²) < 4.78 is 32.6. The Bertz CT molecular complexity index is 1110. The van der Waals surface area contributed by atoms with Crippen molar-refractivity contribution in [2.24, 2.45) is 0 Å². The van der Waals surface area contributed by atoms with Gasteiger partial charge in [0.2, 0.25) is 0 Å². The van der Waals surface area contributed by atoms with E-state index < -0.39 is 10.0 Å². The van der Waals surface area contributed by atoms with Gasteiger partial charge < -0.3 is 4.74 Å². The molecule has 0 fully saturated rings. The van der Waals surface area contributed by atoms with E-state index in [9.17, 15) is 13.2 Å². The minimum absolute atomic E-state index is 0.198. The van der Waals surface area contributed by atoms with Crippen molar-refractivity contribution in [2.45, 2.75) is 31.1 Å². The average Bonchev–Trinajstić information content (AvgIpc) is 2.99. The van der Waals surface area contributed by atoms with Crippen LogP contribution in [0, 0.1) is 6.92 Å². The van der Waals surface area contributed by atoms with Gasteiger partial charge in [-0.15, -0.1) is 0 Å². The quantitative estimate of drug-likeness (QED) is 0.460. The second kappa shape index (κ2) is 7.70. The van der Waals surface area contributed by atoms with Gasteiger partial charge in [-0.3, -0.25) is 4.79 Å². The molecule has 0 aliphatic heterocycles. The molecule has 0 amide bonds. The van der Waals surface area contributed by atoms with Gasteiger partial charge in [-0.1, -0.05) is 23.7 Å². The number of nitrogens with zero attached hydrogens (tertiary/aromatic N) is 2. The third kappa shape index (κ3) is 3.99. The fourth-order valence-corrected chi connectivity index (χ4v) is 4.76. The van der Waals surface area contributed by atoms with Crippen molar-refractivity contribution < 1.29 is 17.9 Å². The number of pyridine rings is 1. The van der Waals surface area contributed by atoms with E-state index >= 15 is 0 Å². The monoisotopic (exact) mass is 406 g/mol. The van der Waals surface area contributed by atoms with Crippen LogP contribution in [0.25, 0.3) is 11.0 Å². The van der Waals surface area contributed by atoms with Crippen LogP contribution in [0.2, 0.25) is 5.15 Å². The number of halogens is 1. The molecule has 0 atom stereocenters. The molecule has 142 valence electrons. The van der Waals surface area contributed by atoms with Gasteiger partial charge in [0.1, 0.15) is 5.15 Å². The summed E-state index contributed by atoms with van der Waals surface area (Å²) in [6.45, 7) is 1.84. The van der Waals surface area contributed by atoms with Gasteiger partial charge in [0.05, 0.1) is 23.0 Å². The number of hydrogen-bond acceptors (Lipinski definition) is 5. The van der Waals surface area contributed by atoms with Gasteiger partial charge in [-0.05, 0) is 55.7 Å². The Morgan fingerprint density at radius 1 is 1.22 bits per heavy atom. The summed E-state index contributed by atoms with van der Waals surface area (Å²) in [5.41, 5.74) is 2.34. The van der Waals surface area contributed by atoms with E-state index in [0.29, 0.717) is 29.6 Å². The molecule has 8 heteroatoms. The van der Waals surface area contributed by atoms with Crippen LogP contribution in [-0.2, 0) is 26.0 Å². The third-order valence-electron chi connectivity index (χ3n) is 4.22. The summed E-state index contributed by atoms with van der Waals surface area (Å²) >= 11 is 5.97. The lowest BCUT2D eigenvalue weighted by Gasteiger charge is -2.12. The maximum absolute atomic E-state index is 13.3. The van der Waals surface area contributed by atoms with E-state index in [1.807, 2.05) is 13.0 Å². The van der Waals surface area contributed by atoms with Gasteiger partial charge in [-0.2, -0.15) is 0 Å². The summed E-state index contributed by atoms with van der Waals surface area (Å²) in [4.78, 5) is 15.8. The van der Waals surface area contributed by atoms with E-state index in [4.69, 9.17) is 11.6 Å². The number of ether oxygens (including phenoxy) is 1. The Kier molecular flexibility index (Phi) is 5.53. The summed E-state index contributed by atoms with van der Waals surface area (Å²) in [5, 5.41) is 0.286. The maximum Gasteiger partial charge on any atom is 0.305 e. The van der Waals surface area contributed by atoms with Crippen molar-refractivity contribution in [3.8, 4) is 0 Å². The molecule has 2 aromatic heterocycles. The van der Waals surface area contributed by atoms with Crippen molar-refractivity contribution in [3.05, 3.63) is 58.9 Å². The number of fused-ring (bicyclic) bond motifs is 1. The van der Waals surface area contributed by atoms with Crippen LogP contribution < -0.4 is 0 Å². The Morgan fingerprint density at radius 3 is 2.70 bits per heavy atom. The molecule has 0 saturated carbocycles. The SMILES string of the molecule is COC(=O)CCCc1cc2nc(Cl)ccc2n1S(=O)(=O)c1cccc(C)c1. The highest BCUT2D eigenvalue weighted by Crippen LogP contribution is 2.27. The lowest BCUT2D eigenvalue weighted by Crippen LogP contribution is -2.16. The molecule has 0 unspecified atom stereocenters. The zero-order valence-corrected chi connectivity index (χ0v) is 16.5. The minimum atomic E-state index is -3.83. The molecule has 1 aromatic carbocycles. The first-order valence-electron chi connectivity index (χ1n) is 8.39. The third-order valence-corrected chi connectivity index (χ3v) is 6.19. The van der Waals surface area contributed by atoms with Crippen LogP contribution in [0.1, 0.15) is 24.1 Å². The molecule has 3 aromatic rings. The Hall–Kier alpha value is -2.38. The van der Waals surface area contributed by atoms with Crippen LogP contribution >= 0.6 is 11.6 Å². The number of benzene rings is 1. The number of aryl methyl sites for hydroxylation is 2. The summed E-state index contributed by atoms with van der Waals surface area (Å²) in [7, 11) is -2.50. The summed E-state index contributed by atoms with van der Waals surface area (Å²) in [6.07, 6.45) is 1.05. The van der Waals surface area contributed by atoms with Gasteiger partial charge in [-0.25, -0.2) is 17.4 Å². The molecule has 6 nitrogen and oxygen atoms in total. The van der Waals surface area contributed by atoms with Crippen molar-refractivity contribution in [3.63, 3.8) is 0 Å².